The Morgan fingerprint density at radius 2 is 1.22 bits per heavy atom. The highest BCUT2D eigenvalue weighted by Crippen LogP contribution is 2.34. The van der Waals surface area contributed by atoms with Gasteiger partial charge in [-0.2, -0.15) is 21.9 Å². The lowest BCUT2D eigenvalue weighted by molar-refractivity contribution is 0.410. The Morgan fingerprint density at radius 1 is 0.672 bits per heavy atom. The Hall–Kier alpha value is -8.66. The molecule has 0 N–H and O–H groups in total. The second-order valence-electron chi connectivity index (χ2n) is 15.6. The summed E-state index contributed by atoms with van der Waals surface area (Å²) in [5, 5.41) is 23.8. The van der Waals surface area contributed by atoms with Crippen molar-refractivity contribution in [3.8, 4) is 35.0 Å². The first-order valence-corrected chi connectivity index (χ1v) is 21.8. The molecule has 12 nitrogen and oxygen atoms in total. The number of nitrogens with zero attached hydrogens (tertiary/aromatic N) is 8. The third-order valence-electron chi connectivity index (χ3n) is 11.7. The van der Waals surface area contributed by atoms with E-state index in [1.165, 1.54) is 48.1 Å². The zero-order chi connectivity index (χ0) is 46.9. The van der Waals surface area contributed by atoms with Gasteiger partial charge in [-0.3, -0.25) is 28.2 Å². The van der Waals surface area contributed by atoms with Gasteiger partial charge in [0.2, 0.25) is 0 Å². The number of ether oxygens (including phenoxy) is 2. The van der Waals surface area contributed by atoms with E-state index >= 15 is 0 Å². The number of halogens is 2. The van der Waals surface area contributed by atoms with Gasteiger partial charge in [-0.05, 0) is 94.9 Å². The second-order valence-corrected chi connectivity index (χ2v) is 16.3. The van der Waals surface area contributed by atoms with Crippen LogP contribution in [0.4, 0.5) is 8.78 Å². The van der Waals surface area contributed by atoms with Gasteiger partial charge in [0.15, 0.2) is 0 Å². The van der Waals surface area contributed by atoms with Gasteiger partial charge in [-0.15, -0.1) is 0 Å². The molecule has 15 heteroatoms. The van der Waals surface area contributed by atoms with Crippen LogP contribution >= 0.6 is 11.3 Å². The lowest BCUT2D eigenvalue weighted by Gasteiger charge is -2.12. The van der Waals surface area contributed by atoms with Gasteiger partial charge in [0.25, 0.3) is 0 Å². The van der Waals surface area contributed by atoms with E-state index in [2.05, 4.69) is 26.8 Å². The molecule has 0 bridgehead atoms. The Balaban J connectivity index is 0.000000168. The van der Waals surface area contributed by atoms with Crippen molar-refractivity contribution in [2.75, 3.05) is 14.2 Å². The summed E-state index contributed by atoms with van der Waals surface area (Å²) in [6, 6.07) is 31.5. The van der Waals surface area contributed by atoms with Crippen molar-refractivity contribution < 1.29 is 18.3 Å². The molecule has 0 aliphatic carbocycles. The average molecular weight is 909 g/mol. The molecule has 0 spiro atoms. The number of methoxy groups -OCH3 is 2. The van der Waals surface area contributed by atoms with Crippen molar-refractivity contribution in [1.82, 2.24) is 28.2 Å². The number of rotatable bonds is 9. The van der Waals surface area contributed by atoms with Crippen LogP contribution < -0.4 is 20.9 Å². The summed E-state index contributed by atoms with van der Waals surface area (Å²) < 4.78 is 46.7. The number of fused-ring (bicyclic) bond motifs is 6. The highest BCUT2D eigenvalue weighted by molar-refractivity contribution is 7.07. The van der Waals surface area contributed by atoms with Crippen LogP contribution in [0.1, 0.15) is 33.4 Å². The van der Waals surface area contributed by atoms with E-state index in [-0.39, 0.29) is 22.5 Å². The van der Waals surface area contributed by atoms with Gasteiger partial charge in [-0.25, -0.2) is 18.4 Å². The molecular formula is C52H38F2N8O4S. The minimum atomic E-state index is -0.656. The van der Waals surface area contributed by atoms with Crippen molar-refractivity contribution in [2.45, 2.75) is 12.8 Å². The third kappa shape index (κ3) is 7.98. The van der Waals surface area contributed by atoms with Crippen LogP contribution in [0.5, 0.6) is 11.5 Å². The van der Waals surface area contributed by atoms with Crippen molar-refractivity contribution in [2.24, 2.45) is 14.1 Å². The number of hydrogen-bond acceptors (Lipinski definition) is 9. The topological polar surface area (TPSA) is 146 Å². The fourth-order valence-corrected chi connectivity index (χ4v) is 8.93. The maximum Gasteiger partial charge on any atom is 0.333 e. The molecule has 0 fully saturated rings. The molecule has 0 atom stereocenters. The summed E-state index contributed by atoms with van der Waals surface area (Å²) >= 11 is 1.66. The minimum absolute atomic E-state index is 0.0688. The summed E-state index contributed by atoms with van der Waals surface area (Å²) in [6.07, 6.45) is 8.70. The van der Waals surface area contributed by atoms with Crippen LogP contribution in [0.15, 0.2) is 130 Å². The third-order valence-corrected chi connectivity index (χ3v) is 12.4. The number of hydrogen-bond donors (Lipinski definition) is 0. The van der Waals surface area contributed by atoms with E-state index in [4.69, 9.17) is 20.0 Å². The quantitative estimate of drug-likeness (QED) is 0.130. The van der Waals surface area contributed by atoms with Gasteiger partial charge in [0, 0.05) is 42.6 Å². The molecule has 0 radical (unpaired) electrons. The fraction of sp³-hybridized carbons (Fsp3) is 0.115. The largest absolute Gasteiger partial charge is 0.496 e. The molecule has 10 rings (SSSR count). The SMILES string of the molecule is COc1cc2ncc3c(c2cc1/C=C/c1ccccc1)n(-c1ccc(C#N)cc1F)c(=O)n3C.COc1cc2ncc3c(c2cc1CCc1ccsc1)n(-c1ccc(C#N)cc1F)c(=O)n3C. The highest BCUT2D eigenvalue weighted by Gasteiger charge is 2.22. The zero-order valence-corrected chi connectivity index (χ0v) is 37.3. The van der Waals surface area contributed by atoms with Crippen molar-refractivity contribution >= 4 is 67.4 Å². The average Bonchev–Trinajstić information content (AvgIpc) is 4.04. The Labute approximate surface area is 385 Å². The minimum Gasteiger partial charge on any atom is -0.496 e. The number of aryl methyl sites for hydroxylation is 4. The van der Waals surface area contributed by atoms with Gasteiger partial charge >= 0.3 is 11.4 Å². The number of benzene rings is 5. The summed E-state index contributed by atoms with van der Waals surface area (Å²) in [6.45, 7) is 0. The lowest BCUT2D eigenvalue weighted by Crippen LogP contribution is -2.21. The van der Waals surface area contributed by atoms with Crippen LogP contribution in [-0.4, -0.2) is 42.5 Å². The van der Waals surface area contributed by atoms with E-state index in [1.54, 1.807) is 58.1 Å². The molecule has 0 saturated carbocycles. The van der Waals surface area contributed by atoms with Crippen LogP contribution in [-0.2, 0) is 26.9 Å². The summed E-state index contributed by atoms with van der Waals surface area (Å²) in [5.41, 5.74) is 7.26. The highest BCUT2D eigenvalue weighted by atomic mass is 32.1. The van der Waals surface area contributed by atoms with E-state index in [1.807, 2.05) is 72.8 Å². The molecule has 0 unspecified atom stereocenters. The molecular weight excluding hydrogens is 871 g/mol. The standard InChI is InChI=1S/C27H19FN4O2.C25H19FN4O2S/c1-31-24-16-30-22-14-25(34-2)19(10-8-17-6-4-3-5-7-17)13-20(22)26(24)32(27(31)33)23-11-9-18(15-29)12-21(23)28;1-29-22-13-28-20-11-23(32-2)17(5-3-15-7-8-33-14-15)10-18(20)24(22)30(25(29)31)21-6-4-16(12-27)9-19(21)26/h3-14,16H,1-2H3;4,6-11,13-14H,3,5H2,1-2H3/b10-8+;. The molecule has 10 aromatic rings. The van der Waals surface area contributed by atoms with E-state index in [0.717, 1.165) is 52.8 Å². The fourth-order valence-electron chi connectivity index (χ4n) is 8.23. The molecule has 67 heavy (non-hydrogen) atoms. The predicted molar refractivity (Wildman–Crippen MR) is 257 cm³/mol. The molecule has 0 amide bonds. The number of aromatic nitrogens is 6. The van der Waals surface area contributed by atoms with Crippen molar-refractivity contribution in [1.29, 1.82) is 10.5 Å². The Bertz CT molecular complexity index is 3800. The maximum atomic E-state index is 15.0. The molecule has 5 aromatic carbocycles. The first-order valence-electron chi connectivity index (χ1n) is 20.8. The van der Waals surface area contributed by atoms with Gasteiger partial charge < -0.3 is 9.47 Å². The maximum absolute atomic E-state index is 15.0. The number of nitriles is 2. The van der Waals surface area contributed by atoms with Crippen LogP contribution in [0.25, 0.3) is 67.4 Å². The van der Waals surface area contributed by atoms with Gasteiger partial charge in [0.1, 0.15) is 23.1 Å². The number of imidazole rings is 2. The molecule has 0 aliphatic heterocycles. The molecule has 0 saturated heterocycles. The second kappa shape index (κ2) is 18.1. The first kappa shape index (κ1) is 43.6. The summed E-state index contributed by atoms with van der Waals surface area (Å²) in [4.78, 5) is 35.4. The van der Waals surface area contributed by atoms with E-state index in [0.29, 0.717) is 44.2 Å². The molecule has 330 valence electrons. The lowest BCUT2D eigenvalue weighted by atomic mass is 10.0. The van der Waals surface area contributed by atoms with E-state index < -0.39 is 23.0 Å². The Morgan fingerprint density at radius 3 is 1.73 bits per heavy atom. The zero-order valence-electron chi connectivity index (χ0n) is 36.5. The van der Waals surface area contributed by atoms with E-state index in [9.17, 15) is 18.4 Å². The molecule has 5 aromatic heterocycles. The van der Waals surface area contributed by atoms with Gasteiger partial charge in [0.05, 0.1) is 94.4 Å². The van der Waals surface area contributed by atoms with Crippen molar-refractivity contribution in [3.63, 3.8) is 0 Å². The number of thiophene rings is 1. The first-order chi connectivity index (χ1) is 32.5. The van der Waals surface area contributed by atoms with Gasteiger partial charge in [-0.1, -0.05) is 42.5 Å². The Kier molecular flexibility index (Phi) is 11.8. The summed E-state index contributed by atoms with van der Waals surface area (Å²) in [5.74, 6) is 0.0519. The predicted octanol–water partition coefficient (Wildman–Crippen LogP) is 9.81. The molecule has 5 heterocycles. The molecule has 0 aliphatic rings. The van der Waals surface area contributed by atoms with Crippen LogP contribution in [0, 0.1) is 34.3 Å². The number of pyridine rings is 2. The van der Waals surface area contributed by atoms with Crippen LogP contribution in [0.2, 0.25) is 0 Å². The normalized spacial score (nSPS) is 11.3. The smallest absolute Gasteiger partial charge is 0.333 e. The van der Waals surface area contributed by atoms with Crippen molar-refractivity contribution in [3.05, 3.63) is 186 Å². The monoisotopic (exact) mass is 908 g/mol. The van der Waals surface area contributed by atoms with Crippen LogP contribution in [0.3, 0.4) is 0 Å². The summed E-state index contributed by atoms with van der Waals surface area (Å²) in [7, 11) is 6.47.